The Morgan fingerprint density at radius 3 is 2.59 bits per heavy atom. The summed E-state index contributed by atoms with van der Waals surface area (Å²) in [5, 5.41) is 0. The smallest absolute Gasteiger partial charge is 0.226 e. The van der Waals surface area contributed by atoms with Crippen LogP contribution in [-0.2, 0) is 9.59 Å². The van der Waals surface area contributed by atoms with E-state index < -0.39 is 0 Å². The molecule has 1 aromatic rings. The van der Waals surface area contributed by atoms with Gasteiger partial charge in [0.15, 0.2) is 0 Å². The van der Waals surface area contributed by atoms with Crippen molar-refractivity contribution in [3.8, 4) is 0 Å². The molecule has 3 rings (SSSR count). The van der Waals surface area contributed by atoms with Gasteiger partial charge < -0.3 is 14.7 Å². The van der Waals surface area contributed by atoms with E-state index in [1.54, 1.807) is 30.5 Å². The van der Waals surface area contributed by atoms with Gasteiger partial charge in [0.25, 0.3) is 0 Å². The van der Waals surface area contributed by atoms with Crippen LogP contribution in [0.25, 0.3) is 0 Å². The van der Waals surface area contributed by atoms with Gasteiger partial charge in [0, 0.05) is 64.5 Å². The molecule has 3 heterocycles. The highest BCUT2D eigenvalue weighted by atomic mass is 16.2. The molecule has 2 amide bonds. The number of likely N-dealkylation sites (tertiary alicyclic amines) is 1. The Labute approximate surface area is 129 Å². The number of carbonyl (C=O) groups excluding carboxylic acids is 2. The molecule has 2 aliphatic heterocycles. The lowest BCUT2D eigenvalue weighted by Gasteiger charge is -2.38. The Hall–Kier alpha value is -2.18. The molecule has 1 atom stereocenters. The molecule has 0 N–H and O–H groups in total. The summed E-state index contributed by atoms with van der Waals surface area (Å²) in [6.45, 7) is 3.54. The molecule has 118 valence electrons. The molecule has 2 fully saturated rings. The van der Waals surface area contributed by atoms with E-state index in [4.69, 9.17) is 0 Å². The molecule has 0 aromatic carbocycles. The quantitative estimate of drug-likeness (QED) is 0.769. The van der Waals surface area contributed by atoms with Gasteiger partial charge in [-0.2, -0.15) is 0 Å². The lowest BCUT2D eigenvalue weighted by molar-refractivity contribution is -0.144. The van der Waals surface area contributed by atoms with E-state index in [9.17, 15) is 9.59 Å². The summed E-state index contributed by atoms with van der Waals surface area (Å²) in [4.78, 5) is 38.4. The summed E-state index contributed by atoms with van der Waals surface area (Å²) in [6.07, 6.45) is 6.19. The molecule has 7 heteroatoms. The van der Waals surface area contributed by atoms with Crippen molar-refractivity contribution in [1.29, 1.82) is 0 Å². The standard InChI is InChI=1S/C15H21N5O2/c1-18-5-2-12(10-14(18)21)15(22)20-8-6-19(7-9-20)13-11-16-3-4-17-13/h3-4,11-12H,2,5-10H2,1H3/t12-/m0/s1. The number of piperidine rings is 1. The zero-order valence-electron chi connectivity index (χ0n) is 12.8. The second-order valence-corrected chi connectivity index (χ2v) is 5.88. The van der Waals surface area contributed by atoms with Gasteiger partial charge in [0.1, 0.15) is 5.82 Å². The van der Waals surface area contributed by atoms with Crippen molar-refractivity contribution >= 4 is 17.6 Å². The average Bonchev–Trinajstić information content (AvgIpc) is 2.58. The van der Waals surface area contributed by atoms with Crippen molar-refractivity contribution in [3.05, 3.63) is 18.6 Å². The highest BCUT2D eigenvalue weighted by Gasteiger charge is 2.32. The summed E-state index contributed by atoms with van der Waals surface area (Å²) < 4.78 is 0. The molecule has 7 nitrogen and oxygen atoms in total. The molecular formula is C15H21N5O2. The monoisotopic (exact) mass is 303 g/mol. The van der Waals surface area contributed by atoms with Crippen LogP contribution in [0.5, 0.6) is 0 Å². The van der Waals surface area contributed by atoms with Crippen LogP contribution >= 0.6 is 0 Å². The van der Waals surface area contributed by atoms with E-state index in [-0.39, 0.29) is 17.7 Å². The lowest BCUT2D eigenvalue weighted by atomic mass is 9.94. The maximum atomic E-state index is 12.6. The first kappa shape index (κ1) is 14.7. The second-order valence-electron chi connectivity index (χ2n) is 5.88. The minimum absolute atomic E-state index is 0.0720. The van der Waals surface area contributed by atoms with Gasteiger partial charge in [-0.3, -0.25) is 14.6 Å². The van der Waals surface area contributed by atoms with Crippen LogP contribution in [0.15, 0.2) is 18.6 Å². The van der Waals surface area contributed by atoms with Crippen molar-refractivity contribution in [1.82, 2.24) is 19.8 Å². The van der Waals surface area contributed by atoms with E-state index in [2.05, 4.69) is 14.9 Å². The van der Waals surface area contributed by atoms with Crippen LogP contribution in [0, 0.1) is 5.92 Å². The number of carbonyl (C=O) groups is 2. The van der Waals surface area contributed by atoms with E-state index in [0.29, 0.717) is 26.1 Å². The van der Waals surface area contributed by atoms with Crippen LogP contribution in [0.4, 0.5) is 5.82 Å². The summed E-state index contributed by atoms with van der Waals surface area (Å²) >= 11 is 0. The number of amides is 2. The van der Waals surface area contributed by atoms with E-state index in [0.717, 1.165) is 25.3 Å². The third-order valence-corrected chi connectivity index (χ3v) is 4.47. The largest absolute Gasteiger partial charge is 0.352 e. The van der Waals surface area contributed by atoms with E-state index in [1.807, 2.05) is 4.90 Å². The molecule has 2 aliphatic rings. The van der Waals surface area contributed by atoms with Gasteiger partial charge in [-0.1, -0.05) is 0 Å². The Balaban J connectivity index is 1.55. The number of nitrogens with zero attached hydrogens (tertiary/aromatic N) is 5. The summed E-state index contributed by atoms with van der Waals surface area (Å²) in [5.74, 6) is 0.902. The highest BCUT2D eigenvalue weighted by molar-refractivity contribution is 5.87. The van der Waals surface area contributed by atoms with Crippen LogP contribution in [-0.4, -0.2) is 71.4 Å². The fourth-order valence-electron chi connectivity index (χ4n) is 3.02. The molecule has 1 aromatic heterocycles. The number of piperazine rings is 1. The van der Waals surface area contributed by atoms with Crippen LogP contribution < -0.4 is 4.90 Å². The zero-order chi connectivity index (χ0) is 15.5. The van der Waals surface area contributed by atoms with Crippen molar-refractivity contribution in [3.63, 3.8) is 0 Å². The predicted molar refractivity (Wildman–Crippen MR) is 81.2 cm³/mol. The van der Waals surface area contributed by atoms with Crippen molar-refractivity contribution in [2.45, 2.75) is 12.8 Å². The molecule has 0 bridgehead atoms. The van der Waals surface area contributed by atoms with Crippen molar-refractivity contribution in [2.24, 2.45) is 5.92 Å². The molecular weight excluding hydrogens is 282 g/mol. The summed E-state index contributed by atoms with van der Waals surface area (Å²) in [6, 6.07) is 0. The third kappa shape index (κ3) is 3.03. The normalized spacial score (nSPS) is 22.9. The highest BCUT2D eigenvalue weighted by Crippen LogP contribution is 2.21. The topological polar surface area (TPSA) is 69.6 Å². The minimum Gasteiger partial charge on any atom is -0.352 e. The molecule has 0 saturated carbocycles. The lowest BCUT2D eigenvalue weighted by Crippen LogP contribution is -2.52. The minimum atomic E-state index is -0.147. The maximum absolute atomic E-state index is 12.6. The second kappa shape index (κ2) is 6.29. The number of anilines is 1. The number of hydrogen-bond acceptors (Lipinski definition) is 5. The Morgan fingerprint density at radius 1 is 1.18 bits per heavy atom. The summed E-state index contributed by atoms with van der Waals surface area (Å²) in [7, 11) is 1.79. The molecule has 2 saturated heterocycles. The number of hydrogen-bond donors (Lipinski definition) is 0. The van der Waals surface area contributed by atoms with E-state index >= 15 is 0 Å². The SMILES string of the molecule is CN1CC[C@H](C(=O)N2CCN(c3cnccn3)CC2)CC1=O. The van der Waals surface area contributed by atoms with Gasteiger partial charge in [0.05, 0.1) is 6.20 Å². The maximum Gasteiger partial charge on any atom is 0.226 e. The summed E-state index contributed by atoms with van der Waals surface area (Å²) in [5.41, 5.74) is 0. The van der Waals surface area contributed by atoms with Gasteiger partial charge in [-0.15, -0.1) is 0 Å². The van der Waals surface area contributed by atoms with Gasteiger partial charge in [-0.25, -0.2) is 4.98 Å². The third-order valence-electron chi connectivity index (χ3n) is 4.47. The first-order chi connectivity index (χ1) is 10.6. The van der Waals surface area contributed by atoms with Gasteiger partial charge >= 0.3 is 0 Å². The molecule has 0 radical (unpaired) electrons. The molecule has 0 spiro atoms. The fraction of sp³-hybridized carbons (Fsp3) is 0.600. The first-order valence-corrected chi connectivity index (χ1v) is 7.69. The van der Waals surface area contributed by atoms with Crippen molar-refractivity contribution in [2.75, 3.05) is 44.7 Å². The van der Waals surface area contributed by atoms with E-state index in [1.165, 1.54) is 0 Å². The first-order valence-electron chi connectivity index (χ1n) is 7.69. The van der Waals surface area contributed by atoms with Gasteiger partial charge in [0.2, 0.25) is 11.8 Å². The Morgan fingerprint density at radius 2 is 1.95 bits per heavy atom. The fourth-order valence-corrected chi connectivity index (χ4v) is 3.02. The predicted octanol–water partition coefficient (Wildman–Crippen LogP) is -0.00640. The number of aromatic nitrogens is 2. The average molecular weight is 303 g/mol. The Bertz CT molecular complexity index is 542. The molecule has 0 unspecified atom stereocenters. The van der Waals surface area contributed by atoms with Crippen LogP contribution in [0.2, 0.25) is 0 Å². The van der Waals surface area contributed by atoms with Gasteiger partial charge in [-0.05, 0) is 6.42 Å². The zero-order valence-corrected chi connectivity index (χ0v) is 12.8. The number of rotatable bonds is 2. The molecule has 0 aliphatic carbocycles. The van der Waals surface area contributed by atoms with Crippen LogP contribution in [0.1, 0.15) is 12.8 Å². The Kier molecular flexibility index (Phi) is 4.22. The van der Waals surface area contributed by atoms with Crippen LogP contribution in [0.3, 0.4) is 0 Å². The van der Waals surface area contributed by atoms with Crippen molar-refractivity contribution < 1.29 is 9.59 Å². The molecule has 22 heavy (non-hydrogen) atoms.